The molecule has 0 aliphatic heterocycles. The number of methoxy groups -OCH3 is 1. The first-order valence-electron chi connectivity index (χ1n) is 4.73. The van der Waals surface area contributed by atoms with Crippen molar-refractivity contribution < 1.29 is 4.74 Å². The molecule has 0 aliphatic carbocycles. The molecule has 1 aromatic rings. The van der Waals surface area contributed by atoms with Crippen LogP contribution in [0.2, 0.25) is 5.15 Å². The van der Waals surface area contributed by atoms with Gasteiger partial charge in [-0.1, -0.05) is 11.6 Å². The van der Waals surface area contributed by atoms with Crippen LogP contribution in [0.5, 0.6) is 0 Å². The van der Waals surface area contributed by atoms with Gasteiger partial charge in [0.05, 0.1) is 23.7 Å². The average Bonchev–Trinajstić information content (AvgIpc) is 2.42. The van der Waals surface area contributed by atoms with Crippen molar-refractivity contribution in [3.63, 3.8) is 0 Å². The van der Waals surface area contributed by atoms with Gasteiger partial charge in [-0.05, 0) is 20.8 Å². The molecular weight excluding hydrogens is 235 g/mol. The van der Waals surface area contributed by atoms with Crippen LogP contribution in [0, 0.1) is 0 Å². The van der Waals surface area contributed by atoms with E-state index in [0.717, 1.165) is 11.3 Å². The molecule has 0 saturated heterocycles. The first kappa shape index (κ1) is 12.8. The summed E-state index contributed by atoms with van der Waals surface area (Å²) in [6, 6.07) is 0. The van der Waals surface area contributed by atoms with Crippen molar-refractivity contribution in [1.29, 1.82) is 0 Å². The molecule has 0 fully saturated rings. The van der Waals surface area contributed by atoms with E-state index in [1.807, 2.05) is 20.8 Å². The second-order valence-electron chi connectivity index (χ2n) is 4.37. The van der Waals surface area contributed by atoms with Gasteiger partial charge in [-0.2, -0.15) is 5.10 Å². The lowest BCUT2D eigenvalue weighted by molar-refractivity contribution is 0.179. The van der Waals surface area contributed by atoms with E-state index in [2.05, 4.69) is 5.10 Å². The Kier molecular flexibility index (Phi) is 4.04. The maximum Gasteiger partial charge on any atom is 0.132 e. The van der Waals surface area contributed by atoms with Crippen molar-refractivity contribution in [3.05, 3.63) is 16.4 Å². The SMILES string of the molecule is COCc1nn(C(C)(C)C)c(Cl)c1CCl. The van der Waals surface area contributed by atoms with E-state index in [-0.39, 0.29) is 5.54 Å². The monoisotopic (exact) mass is 250 g/mol. The molecule has 0 atom stereocenters. The highest BCUT2D eigenvalue weighted by Crippen LogP contribution is 2.27. The van der Waals surface area contributed by atoms with Gasteiger partial charge >= 0.3 is 0 Å². The maximum atomic E-state index is 6.21. The van der Waals surface area contributed by atoms with Gasteiger partial charge in [-0.25, -0.2) is 4.68 Å². The van der Waals surface area contributed by atoms with Gasteiger partial charge in [0.1, 0.15) is 5.15 Å². The Balaban J connectivity index is 3.21. The molecule has 15 heavy (non-hydrogen) atoms. The minimum Gasteiger partial charge on any atom is -0.378 e. The highest BCUT2D eigenvalue weighted by Gasteiger charge is 2.23. The summed E-state index contributed by atoms with van der Waals surface area (Å²) in [6.45, 7) is 6.56. The zero-order chi connectivity index (χ0) is 11.6. The van der Waals surface area contributed by atoms with Gasteiger partial charge in [0.15, 0.2) is 0 Å². The number of nitrogens with zero attached hydrogens (tertiary/aromatic N) is 2. The fraction of sp³-hybridized carbons (Fsp3) is 0.700. The molecule has 0 spiro atoms. The lowest BCUT2D eigenvalue weighted by Gasteiger charge is -2.20. The summed E-state index contributed by atoms with van der Waals surface area (Å²) in [4.78, 5) is 0. The molecule has 1 rings (SSSR count). The van der Waals surface area contributed by atoms with E-state index in [1.165, 1.54) is 0 Å². The highest BCUT2D eigenvalue weighted by atomic mass is 35.5. The molecule has 1 heterocycles. The average molecular weight is 251 g/mol. The highest BCUT2D eigenvalue weighted by molar-refractivity contribution is 6.31. The summed E-state index contributed by atoms with van der Waals surface area (Å²) in [7, 11) is 1.63. The van der Waals surface area contributed by atoms with Crippen molar-refractivity contribution in [2.75, 3.05) is 7.11 Å². The third-order valence-corrected chi connectivity index (χ3v) is 2.71. The molecule has 5 heteroatoms. The normalized spacial score (nSPS) is 12.1. The van der Waals surface area contributed by atoms with Crippen molar-refractivity contribution in [2.24, 2.45) is 0 Å². The van der Waals surface area contributed by atoms with Crippen LogP contribution in [0.25, 0.3) is 0 Å². The van der Waals surface area contributed by atoms with E-state index in [1.54, 1.807) is 11.8 Å². The number of aromatic nitrogens is 2. The Bertz CT molecular complexity index is 342. The number of halogens is 2. The maximum absolute atomic E-state index is 6.21. The summed E-state index contributed by atoms with van der Waals surface area (Å²) in [5.41, 5.74) is 1.52. The molecule has 86 valence electrons. The topological polar surface area (TPSA) is 27.1 Å². The first-order chi connectivity index (χ1) is 6.91. The zero-order valence-corrected chi connectivity index (χ0v) is 11.0. The summed E-state index contributed by atoms with van der Waals surface area (Å²) < 4.78 is 6.84. The molecule has 0 unspecified atom stereocenters. The van der Waals surface area contributed by atoms with Gasteiger partial charge in [0.25, 0.3) is 0 Å². The van der Waals surface area contributed by atoms with Crippen LogP contribution in [0.15, 0.2) is 0 Å². The second-order valence-corrected chi connectivity index (χ2v) is 4.99. The molecule has 0 saturated carbocycles. The minimum absolute atomic E-state index is 0.149. The largest absolute Gasteiger partial charge is 0.378 e. The molecule has 1 aromatic heterocycles. The predicted molar refractivity (Wildman–Crippen MR) is 62.5 cm³/mol. The van der Waals surface area contributed by atoms with Crippen LogP contribution >= 0.6 is 23.2 Å². The minimum atomic E-state index is -0.149. The Hall–Kier alpha value is -0.250. The summed E-state index contributed by atoms with van der Waals surface area (Å²) in [5.74, 6) is 0.355. The van der Waals surface area contributed by atoms with Crippen molar-refractivity contribution in [1.82, 2.24) is 9.78 Å². The van der Waals surface area contributed by atoms with Crippen LogP contribution in [-0.2, 0) is 22.8 Å². The predicted octanol–water partition coefficient (Wildman–Crippen LogP) is 3.18. The van der Waals surface area contributed by atoms with Crippen LogP contribution in [-0.4, -0.2) is 16.9 Å². The van der Waals surface area contributed by atoms with Crippen molar-refractivity contribution in [3.8, 4) is 0 Å². The van der Waals surface area contributed by atoms with Gasteiger partial charge in [0, 0.05) is 12.7 Å². The Morgan fingerprint density at radius 1 is 1.40 bits per heavy atom. The van der Waals surface area contributed by atoms with Crippen LogP contribution in [0.4, 0.5) is 0 Å². The van der Waals surface area contributed by atoms with Gasteiger partial charge < -0.3 is 4.74 Å². The van der Waals surface area contributed by atoms with Gasteiger partial charge in [0.2, 0.25) is 0 Å². The molecule has 0 radical (unpaired) electrons. The molecule has 3 nitrogen and oxygen atoms in total. The Morgan fingerprint density at radius 2 is 2.00 bits per heavy atom. The molecule has 0 bridgehead atoms. The smallest absolute Gasteiger partial charge is 0.132 e. The molecular formula is C10H16Cl2N2O. The van der Waals surface area contributed by atoms with Crippen molar-refractivity contribution in [2.45, 2.75) is 38.8 Å². The van der Waals surface area contributed by atoms with Crippen molar-refractivity contribution >= 4 is 23.2 Å². The quantitative estimate of drug-likeness (QED) is 0.771. The molecule has 0 aromatic carbocycles. The fourth-order valence-corrected chi connectivity index (χ4v) is 2.12. The number of hydrogen-bond acceptors (Lipinski definition) is 2. The standard InChI is InChI=1S/C10H16Cl2N2O/c1-10(2,3)14-9(12)7(5-11)8(13-14)6-15-4/h5-6H2,1-4H3. The number of alkyl halides is 1. The number of ether oxygens (including phenoxy) is 1. The molecule has 0 aliphatic rings. The van der Waals surface area contributed by atoms with E-state index < -0.39 is 0 Å². The lowest BCUT2D eigenvalue weighted by atomic mass is 10.1. The summed E-state index contributed by atoms with van der Waals surface area (Å²) in [5, 5.41) is 5.02. The number of rotatable bonds is 3. The Morgan fingerprint density at radius 3 is 2.40 bits per heavy atom. The fourth-order valence-electron chi connectivity index (χ4n) is 1.30. The zero-order valence-electron chi connectivity index (χ0n) is 9.47. The van der Waals surface area contributed by atoms with E-state index in [9.17, 15) is 0 Å². The van der Waals surface area contributed by atoms with Gasteiger partial charge in [-0.15, -0.1) is 11.6 Å². The summed E-state index contributed by atoms with van der Waals surface area (Å²) >= 11 is 12.1. The van der Waals surface area contributed by atoms with Crippen LogP contribution in [0.3, 0.4) is 0 Å². The molecule has 0 N–H and O–H groups in total. The number of hydrogen-bond donors (Lipinski definition) is 0. The third kappa shape index (κ3) is 2.65. The summed E-state index contributed by atoms with van der Waals surface area (Å²) in [6.07, 6.45) is 0. The van der Waals surface area contributed by atoms with E-state index in [0.29, 0.717) is 17.6 Å². The van der Waals surface area contributed by atoms with Gasteiger partial charge in [-0.3, -0.25) is 0 Å². The first-order valence-corrected chi connectivity index (χ1v) is 5.64. The second kappa shape index (κ2) is 4.73. The van der Waals surface area contributed by atoms with E-state index in [4.69, 9.17) is 27.9 Å². The van der Waals surface area contributed by atoms with E-state index >= 15 is 0 Å². The van der Waals surface area contributed by atoms with Crippen LogP contribution in [0.1, 0.15) is 32.0 Å². The lowest BCUT2D eigenvalue weighted by Crippen LogP contribution is -2.23. The third-order valence-electron chi connectivity index (χ3n) is 2.05. The Labute approximate surface area is 100 Å². The molecule has 0 amide bonds. The van der Waals surface area contributed by atoms with Crippen LogP contribution < -0.4 is 0 Å².